The molecular formula is C19H15BrN2O3. The summed E-state index contributed by atoms with van der Waals surface area (Å²) in [5, 5.41) is 15.8. The van der Waals surface area contributed by atoms with Crippen LogP contribution in [0.25, 0.3) is 10.8 Å². The molecule has 0 aliphatic rings. The van der Waals surface area contributed by atoms with Gasteiger partial charge in [-0.15, -0.1) is 0 Å². The number of nitrogens with one attached hydrogen (secondary N) is 1. The van der Waals surface area contributed by atoms with Crippen LogP contribution in [-0.2, 0) is 4.79 Å². The van der Waals surface area contributed by atoms with E-state index in [-0.39, 0.29) is 18.3 Å². The molecule has 0 aliphatic carbocycles. The zero-order chi connectivity index (χ0) is 17.6. The van der Waals surface area contributed by atoms with Gasteiger partial charge in [0.2, 0.25) is 0 Å². The van der Waals surface area contributed by atoms with E-state index >= 15 is 0 Å². The fourth-order valence-corrected chi connectivity index (χ4v) is 2.56. The van der Waals surface area contributed by atoms with Crippen LogP contribution in [-0.4, -0.2) is 23.8 Å². The van der Waals surface area contributed by atoms with Gasteiger partial charge in [0.05, 0.1) is 6.21 Å². The number of amides is 1. The number of phenols is 1. The molecule has 3 aromatic rings. The molecule has 3 aromatic carbocycles. The molecule has 6 heteroatoms. The van der Waals surface area contributed by atoms with E-state index in [9.17, 15) is 9.90 Å². The lowest BCUT2D eigenvalue weighted by molar-refractivity contribution is -0.123. The largest absolute Gasteiger partial charge is 0.507 e. The fraction of sp³-hybridized carbons (Fsp3) is 0.0526. The van der Waals surface area contributed by atoms with Gasteiger partial charge in [-0.2, -0.15) is 5.10 Å². The van der Waals surface area contributed by atoms with Crippen molar-refractivity contribution in [2.24, 2.45) is 5.10 Å². The molecule has 2 N–H and O–H groups in total. The van der Waals surface area contributed by atoms with Crippen molar-refractivity contribution in [3.05, 3.63) is 70.7 Å². The average molecular weight is 399 g/mol. The summed E-state index contributed by atoms with van der Waals surface area (Å²) in [6.45, 7) is -0.152. The van der Waals surface area contributed by atoms with Crippen LogP contribution in [0.5, 0.6) is 11.5 Å². The highest BCUT2D eigenvalue weighted by molar-refractivity contribution is 9.10. The van der Waals surface area contributed by atoms with Crippen molar-refractivity contribution >= 4 is 38.8 Å². The first-order chi connectivity index (χ1) is 12.1. The summed E-state index contributed by atoms with van der Waals surface area (Å²) < 4.78 is 6.30. The van der Waals surface area contributed by atoms with Crippen LogP contribution in [0.4, 0.5) is 0 Å². The number of aromatic hydroxyl groups is 1. The van der Waals surface area contributed by atoms with Gasteiger partial charge >= 0.3 is 0 Å². The Hall–Kier alpha value is -2.86. The molecule has 126 valence electrons. The number of phenolic OH excluding ortho intramolecular Hbond substituents is 1. The van der Waals surface area contributed by atoms with Crippen molar-refractivity contribution < 1.29 is 14.6 Å². The quantitative estimate of drug-likeness (QED) is 0.506. The van der Waals surface area contributed by atoms with E-state index in [1.165, 1.54) is 6.21 Å². The minimum absolute atomic E-state index is 0.0998. The van der Waals surface area contributed by atoms with Crippen LogP contribution in [0.1, 0.15) is 5.56 Å². The number of nitrogens with zero attached hydrogens (tertiary/aromatic N) is 1. The van der Waals surface area contributed by atoms with Gasteiger partial charge in [-0.05, 0) is 41.1 Å². The topological polar surface area (TPSA) is 70.9 Å². The number of hydrogen-bond donors (Lipinski definition) is 2. The first kappa shape index (κ1) is 17.0. The summed E-state index contributed by atoms with van der Waals surface area (Å²) in [7, 11) is 0. The molecule has 0 unspecified atom stereocenters. The molecule has 0 atom stereocenters. The van der Waals surface area contributed by atoms with Gasteiger partial charge in [-0.1, -0.05) is 46.3 Å². The third-order valence-corrected chi connectivity index (χ3v) is 4.04. The number of carbonyl (C=O) groups is 1. The molecule has 25 heavy (non-hydrogen) atoms. The predicted molar refractivity (Wildman–Crippen MR) is 101 cm³/mol. The second-order valence-corrected chi connectivity index (χ2v) is 6.17. The van der Waals surface area contributed by atoms with E-state index < -0.39 is 0 Å². The van der Waals surface area contributed by atoms with E-state index in [1.807, 2.05) is 42.5 Å². The van der Waals surface area contributed by atoms with Crippen LogP contribution in [0.2, 0.25) is 0 Å². The van der Waals surface area contributed by atoms with Gasteiger partial charge in [-0.3, -0.25) is 4.79 Å². The maximum absolute atomic E-state index is 11.8. The van der Waals surface area contributed by atoms with Crippen LogP contribution < -0.4 is 10.2 Å². The normalized spacial score (nSPS) is 10.9. The zero-order valence-electron chi connectivity index (χ0n) is 13.1. The Kier molecular flexibility index (Phi) is 5.30. The SMILES string of the molecule is O=C(COc1ccc(Br)cc1)NN=Cc1c(O)ccc2ccccc12. The Morgan fingerprint density at radius 3 is 2.68 bits per heavy atom. The number of hydrazone groups is 1. The maximum atomic E-state index is 11.8. The highest BCUT2D eigenvalue weighted by Crippen LogP contribution is 2.25. The molecule has 0 saturated heterocycles. The number of halogens is 1. The second kappa shape index (κ2) is 7.81. The molecule has 0 saturated carbocycles. The van der Waals surface area contributed by atoms with Gasteiger partial charge in [-0.25, -0.2) is 5.43 Å². The predicted octanol–water partition coefficient (Wildman–Crippen LogP) is 3.84. The maximum Gasteiger partial charge on any atom is 0.277 e. The number of benzene rings is 3. The molecule has 5 nitrogen and oxygen atoms in total. The summed E-state index contributed by atoms with van der Waals surface area (Å²) in [4.78, 5) is 11.8. The Bertz CT molecular complexity index is 924. The van der Waals surface area contributed by atoms with Gasteiger partial charge in [0.25, 0.3) is 5.91 Å². The van der Waals surface area contributed by atoms with E-state index in [0.29, 0.717) is 11.3 Å². The first-order valence-corrected chi connectivity index (χ1v) is 8.34. The Labute approximate surface area is 153 Å². The molecular weight excluding hydrogens is 384 g/mol. The smallest absolute Gasteiger partial charge is 0.277 e. The molecule has 1 amide bonds. The van der Waals surface area contributed by atoms with E-state index in [0.717, 1.165) is 15.2 Å². The monoisotopic (exact) mass is 398 g/mol. The Balaban J connectivity index is 1.62. The zero-order valence-corrected chi connectivity index (χ0v) is 14.7. The lowest BCUT2D eigenvalue weighted by Gasteiger charge is -2.06. The summed E-state index contributed by atoms with van der Waals surface area (Å²) in [6, 6.07) is 18.2. The molecule has 0 aromatic heterocycles. The number of rotatable bonds is 5. The van der Waals surface area contributed by atoms with E-state index in [2.05, 4.69) is 26.5 Å². The Morgan fingerprint density at radius 2 is 1.88 bits per heavy atom. The number of carbonyl (C=O) groups excluding carboxylic acids is 1. The standard InChI is InChI=1S/C19H15BrN2O3/c20-14-6-8-15(9-7-14)25-12-19(24)22-21-11-17-16-4-2-1-3-13(16)5-10-18(17)23/h1-11,23H,12H2,(H,22,24). The first-order valence-electron chi connectivity index (χ1n) is 7.54. The second-order valence-electron chi connectivity index (χ2n) is 5.26. The van der Waals surface area contributed by atoms with Crippen molar-refractivity contribution in [1.82, 2.24) is 5.43 Å². The van der Waals surface area contributed by atoms with Crippen molar-refractivity contribution in [2.45, 2.75) is 0 Å². The molecule has 0 fully saturated rings. The third-order valence-electron chi connectivity index (χ3n) is 3.51. The Morgan fingerprint density at radius 1 is 1.12 bits per heavy atom. The molecule has 0 spiro atoms. The number of hydrogen-bond acceptors (Lipinski definition) is 4. The van der Waals surface area contributed by atoms with Gasteiger partial charge in [0, 0.05) is 10.0 Å². The highest BCUT2D eigenvalue weighted by Gasteiger charge is 2.05. The summed E-state index contributed by atoms with van der Waals surface area (Å²) in [5.41, 5.74) is 2.94. The minimum atomic E-state index is -0.390. The van der Waals surface area contributed by atoms with Gasteiger partial charge < -0.3 is 9.84 Å². The van der Waals surface area contributed by atoms with Crippen LogP contribution in [0, 0.1) is 0 Å². The molecule has 0 radical (unpaired) electrons. The lowest BCUT2D eigenvalue weighted by Crippen LogP contribution is -2.24. The van der Waals surface area contributed by atoms with Crippen molar-refractivity contribution in [2.75, 3.05) is 6.61 Å². The average Bonchev–Trinajstić information content (AvgIpc) is 2.63. The van der Waals surface area contributed by atoms with Crippen molar-refractivity contribution in [3.8, 4) is 11.5 Å². The summed E-state index contributed by atoms with van der Waals surface area (Å²) >= 11 is 3.33. The van der Waals surface area contributed by atoms with Gasteiger partial charge in [0.1, 0.15) is 11.5 Å². The summed E-state index contributed by atoms with van der Waals surface area (Å²) in [5.74, 6) is 0.302. The van der Waals surface area contributed by atoms with Crippen LogP contribution in [0.3, 0.4) is 0 Å². The van der Waals surface area contributed by atoms with Gasteiger partial charge in [0.15, 0.2) is 6.61 Å². The third kappa shape index (κ3) is 4.36. The molecule has 3 rings (SSSR count). The number of ether oxygens (including phenoxy) is 1. The molecule has 0 bridgehead atoms. The van der Waals surface area contributed by atoms with E-state index in [4.69, 9.17) is 4.74 Å². The van der Waals surface area contributed by atoms with Crippen molar-refractivity contribution in [3.63, 3.8) is 0 Å². The van der Waals surface area contributed by atoms with E-state index in [1.54, 1.807) is 18.2 Å². The van der Waals surface area contributed by atoms with Crippen LogP contribution >= 0.6 is 15.9 Å². The lowest BCUT2D eigenvalue weighted by atomic mass is 10.0. The molecule has 0 heterocycles. The highest BCUT2D eigenvalue weighted by atomic mass is 79.9. The van der Waals surface area contributed by atoms with Crippen LogP contribution in [0.15, 0.2) is 70.2 Å². The summed E-state index contributed by atoms with van der Waals surface area (Å²) in [6.07, 6.45) is 1.43. The molecule has 0 aliphatic heterocycles. The van der Waals surface area contributed by atoms with Crippen molar-refractivity contribution in [1.29, 1.82) is 0 Å². The fourth-order valence-electron chi connectivity index (χ4n) is 2.30. The number of fused-ring (bicyclic) bond motifs is 1. The minimum Gasteiger partial charge on any atom is -0.507 e.